The first kappa shape index (κ1) is 23.9. The van der Waals surface area contributed by atoms with Crippen molar-refractivity contribution in [2.75, 3.05) is 58.0 Å². The maximum absolute atomic E-state index is 6.34. The molecule has 0 saturated carbocycles. The molecule has 2 aromatic carbocycles. The highest BCUT2D eigenvalue weighted by Crippen LogP contribution is 2.31. The van der Waals surface area contributed by atoms with Gasteiger partial charge in [0.25, 0.3) is 0 Å². The zero-order valence-electron chi connectivity index (χ0n) is 20.6. The van der Waals surface area contributed by atoms with Crippen LogP contribution >= 0.6 is 0 Å². The number of hydrogen-bond acceptors (Lipinski definition) is 9. The normalized spacial score (nSPS) is 15.8. The second kappa shape index (κ2) is 10.9. The predicted octanol–water partition coefficient (Wildman–Crippen LogP) is 3.62. The summed E-state index contributed by atoms with van der Waals surface area (Å²) in [6.45, 7) is 3.85. The van der Waals surface area contributed by atoms with Crippen molar-refractivity contribution >= 4 is 28.4 Å². The van der Waals surface area contributed by atoms with Crippen LogP contribution in [0.25, 0.3) is 22.2 Å². The lowest BCUT2D eigenvalue weighted by atomic mass is 10.1. The molecule has 1 atom stereocenters. The van der Waals surface area contributed by atoms with Crippen molar-refractivity contribution in [1.82, 2.24) is 25.2 Å². The van der Waals surface area contributed by atoms with Crippen molar-refractivity contribution in [2.24, 2.45) is 0 Å². The Bertz CT molecular complexity index is 1320. The van der Waals surface area contributed by atoms with Crippen molar-refractivity contribution in [1.29, 1.82) is 0 Å². The van der Waals surface area contributed by atoms with E-state index in [1.807, 2.05) is 56.6 Å². The largest absolute Gasteiger partial charge is 0.492 e. The molecule has 1 aliphatic heterocycles. The topological polar surface area (TPSA) is 110 Å². The maximum atomic E-state index is 6.34. The van der Waals surface area contributed by atoms with Crippen molar-refractivity contribution in [3.8, 4) is 17.0 Å². The van der Waals surface area contributed by atoms with E-state index in [0.717, 1.165) is 65.4 Å². The minimum absolute atomic E-state index is 0.0676. The van der Waals surface area contributed by atoms with E-state index in [-0.39, 0.29) is 6.10 Å². The standard InChI is InChI=1S/C27H31N7O2/c1-34(2)13-15-35-20-10-11-30-23(16-20)21-4-3-5-22-25(21)32-27(33-26(22)28)31-19-8-6-18(7-9-19)24-17-29-12-14-36-24/h3-11,16,24,29H,12-15,17H2,1-2H3,(H3,28,31,32,33). The van der Waals surface area contributed by atoms with E-state index < -0.39 is 0 Å². The van der Waals surface area contributed by atoms with Gasteiger partial charge in [-0.2, -0.15) is 4.98 Å². The van der Waals surface area contributed by atoms with Crippen LogP contribution in [0.5, 0.6) is 5.75 Å². The summed E-state index contributed by atoms with van der Waals surface area (Å²) in [5.41, 5.74) is 10.7. The van der Waals surface area contributed by atoms with Crippen LogP contribution in [0.3, 0.4) is 0 Å². The van der Waals surface area contributed by atoms with Gasteiger partial charge in [0, 0.05) is 48.5 Å². The monoisotopic (exact) mass is 485 g/mol. The number of hydrogen-bond donors (Lipinski definition) is 3. The number of aromatic nitrogens is 3. The van der Waals surface area contributed by atoms with E-state index in [0.29, 0.717) is 18.4 Å². The number of nitrogen functional groups attached to an aromatic ring is 1. The highest BCUT2D eigenvalue weighted by atomic mass is 16.5. The van der Waals surface area contributed by atoms with Gasteiger partial charge in [0.05, 0.1) is 23.9 Å². The number of likely N-dealkylation sites (N-methyl/N-ethyl adjacent to an activating group) is 1. The quantitative estimate of drug-likeness (QED) is 0.345. The van der Waals surface area contributed by atoms with Gasteiger partial charge in [0.15, 0.2) is 0 Å². The second-order valence-electron chi connectivity index (χ2n) is 8.97. The number of morpholine rings is 1. The Labute approximate surface area is 210 Å². The fraction of sp³-hybridized carbons (Fsp3) is 0.296. The lowest BCUT2D eigenvalue weighted by Gasteiger charge is -2.24. The fourth-order valence-electron chi connectivity index (χ4n) is 4.12. The van der Waals surface area contributed by atoms with Crippen LogP contribution in [-0.2, 0) is 4.74 Å². The van der Waals surface area contributed by atoms with E-state index in [1.165, 1.54) is 0 Å². The summed E-state index contributed by atoms with van der Waals surface area (Å²) in [4.78, 5) is 16.0. The van der Waals surface area contributed by atoms with E-state index in [1.54, 1.807) is 6.20 Å². The lowest BCUT2D eigenvalue weighted by molar-refractivity contribution is 0.0277. The Balaban J connectivity index is 1.41. The van der Waals surface area contributed by atoms with E-state index in [9.17, 15) is 0 Å². The van der Waals surface area contributed by atoms with Gasteiger partial charge in [-0.3, -0.25) is 4.98 Å². The molecule has 4 aromatic rings. The third-order valence-corrected chi connectivity index (χ3v) is 6.04. The fourth-order valence-corrected chi connectivity index (χ4v) is 4.12. The molecule has 0 radical (unpaired) electrons. The zero-order chi connectivity index (χ0) is 24.9. The first-order valence-electron chi connectivity index (χ1n) is 12.1. The number of nitrogens with one attached hydrogen (secondary N) is 2. The summed E-state index contributed by atoms with van der Waals surface area (Å²) >= 11 is 0. The highest BCUT2D eigenvalue weighted by molar-refractivity contribution is 5.98. The van der Waals surface area contributed by atoms with Crippen LogP contribution in [0.1, 0.15) is 11.7 Å². The number of pyridine rings is 1. The molecular weight excluding hydrogens is 454 g/mol. The molecule has 1 aliphatic rings. The number of fused-ring (bicyclic) bond motifs is 1. The summed E-state index contributed by atoms with van der Waals surface area (Å²) < 4.78 is 11.7. The Morgan fingerprint density at radius 3 is 2.78 bits per heavy atom. The molecule has 1 fully saturated rings. The predicted molar refractivity (Wildman–Crippen MR) is 143 cm³/mol. The number of anilines is 3. The van der Waals surface area contributed by atoms with Crippen LogP contribution in [0.15, 0.2) is 60.8 Å². The molecule has 9 heteroatoms. The number of para-hydroxylation sites is 1. The third-order valence-electron chi connectivity index (χ3n) is 6.04. The average Bonchev–Trinajstić information content (AvgIpc) is 2.89. The third kappa shape index (κ3) is 5.54. The van der Waals surface area contributed by atoms with Crippen LogP contribution in [0, 0.1) is 0 Å². The van der Waals surface area contributed by atoms with Crippen molar-refractivity contribution < 1.29 is 9.47 Å². The van der Waals surface area contributed by atoms with Gasteiger partial charge in [-0.05, 0) is 43.9 Å². The summed E-state index contributed by atoms with van der Waals surface area (Å²) in [7, 11) is 4.04. The molecule has 5 rings (SSSR count). The van der Waals surface area contributed by atoms with Gasteiger partial charge in [-0.25, -0.2) is 4.98 Å². The summed E-state index contributed by atoms with van der Waals surface area (Å²) in [5, 5.41) is 7.42. The molecule has 0 spiro atoms. The minimum atomic E-state index is 0.0676. The molecule has 186 valence electrons. The van der Waals surface area contributed by atoms with Crippen molar-refractivity contribution in [2.45, 2.75) is 6.10 Å². The Hall–Kier alpha value is -3.79. The number of nitrogens with two attached hydrogens (primary N) is 1. The highest BCUT2D eigenvalue weighted by Gasteiger charge is 2.16. The molecule has 0 amide bonds. The first-order chi connectivity index (χ1) is 17.6. The van der Waals surface area contributed by atoms with Gasteiger partial charge in [0.1, 0.15) is 18.2 Å². The first-order valence-corrected chi connectivity index (χ1v) is 12.1. The molecular formula is C27H31N7O2. The Morgan fingerprint density at radius 2 is 2.00 bits per heavy atom. The van der Waals surface area contributed by atoms with Gasteiger partial charge >= 0.3 is 0 Å². The number of benzene rings is 2. The van der Waals surface area contributed by atoms with Crippen LogP contribution in [-0.4, -0.2) is 66.8 Å². The molecule has 9 nitrogen and oxygen atoms in total. The zero-order valence-corrected chi connectivity index (χ0v) is 20.6. The SMILES string of the molecule is CN(C)CCOc1ccnc(-c2cccc3c(N)nc(Nc4ccc(C5CNCCO5)cc4)nc23)c1. The minimum Gasteiger partial charge on any atom is -0.492 e. The summed E-state index contributed by atoms with van der Waals surface area (Å²) in [5.74, 6) is 1.59. The molecule has 1 saturated heterocycles. The van der Waals surface area contributed by atoms with Crippen molar-refractivity contribution in [3.63, 3.8) is 0 Å². The van der Waals surface area contributed by atoms with E-state index >= 15 is 0 Å². The van der Waals surface area contributed by atoms with Crippen LogP contribution < -0.4 is 21.1 Å². The molecule has 2 aromatic heterocycles. The molecule has 1 unspecified atom stereocenters. The molecule has 36 heavy (non-hydrogen) atoms. The summed E-state index contributed by atoms with van der Waals surface area (Å²) in [6, 6.07) is 17.7. The second-order valence-corrected chi connectivity index (χ2v) is 8.97. The smallest absolute Gasteiger partial charge is 0.229 e. The maximum Gasteiger partial charge on any atom is 0.229 e. The van der Waals surface area contributed by atoms with Gasteiger partial charge in [0.2, 0.25) is 5.95 Å². The Morgan fingerprint density at radius 1 is 1.14 bits per heavy atom. The van der Waals surface area contributed by atoms with Crippen LogP contribution in [0.4, 0.5) is 17.5 Å². The Kier molecular flexibility index (Phi) is 7.22. The van der Waals surface area contributed by atoms with Gasteiger partial charge in [-0.15, -0.1) is 0 Å². The number of rotatable bonds is 8. The van der Waals surface area contributed by atoms with E-state index in [2.05, 4.69) is 37.6 Å². The molecule has 3 heterocycles. The van der Waals surface area contributed by atoms with Gasteiger partial charge in [-0.1, -0.05) is 24.3 Å². The van der Waals surface area contributed by atoms with E-state index in [4.69, 9.17) is 20.2 Å². The molecule has 4 N–H and O–H groups in total. The van der Waals surface area contributed by atoms with Gasteiger partial charge < -0.3 is 30.7 Å². The lowest BCUT2D eigenvalue weighted by Crippen LogP contribution is -2.33. The molecule has 0 bridgehead atoms. The molecule has 0 aliphatic carbocycles. The number of nitrogens with zero attached hydrogens (tertiary/aromatic N) is 4. The summed E-state index contributed by atoms with van der Waals surface area (Å²) in [6.07, 6.45) is 1.81. The number of ether oxygens (including phenoxy) is 2. The average molecular weight is 486 g/mol. The van der Waals surface area contributed by atoms with Crippen LogP contribution in [0.2, 0.25) is 0 Å². The van der Waals surface area contributed by atoms with Crippen molar-refractivity contribution in [3.05, 3.63) is 66.4 Å².